The van der Waals surface area contributed by atoms with E-state index in [1.807, 2.05) is 6.07 Å². The van der Waals surface area contributed by atoms with Crippen LogP contribution in [0.15, 0.2) is 46.9 Å². The summed E-state index contributed by atoms with van der Waals surface area (Å²) in [5.41, 5.74) is 6.97. The molecule has 2 aromatic carbocycles. The number of methoxy groups -OCH3 is 1. The minimum absolute atomic E-state index is 0.307. The predicted molar refractivity (Wildman–Crippen MR) is 80.8 cm³/mol. The summed E-state index contributed by atoms with van der Waals surface area (Å²) < 4.78 is 5.74. The molecule has 0 spiro atoms. The zero-order valence-electron chi connectivity index (χ0n) is 10.8. The number of Topliss-reactive ketones (excluding diaryl/α,β-unsaturated/α-hetero) is 1. The minimum atomic E-state index is -1.31. The molecule has 0 aliphatic rings. The van der Waals surface area contributed by atoms with Crippen LogP contribution in [0.3, 0.4) is 0 Å². The van der Waals surface area contributed by atoms with Crippen molar-refractivity contribution in [1.29, 1.82) is 0 Å². The highest BCUT2D eigenvalue weighted by atomic mass is 79.9. The first-order chi connectivity index (χ1) is 9.54. The van der Waals surface area contributed by atoms with Crippen molar-refractivity contribution >= 4 is 27.4 Å². The molecule has 0 heterocycles. The fraction of sp³-hybridized carbons (Fsp3) is 0.133. The van der Waals surface area contributed by atoms with Gasteiger partial charge in [0.1, 0.15) is 11.9 Å². The predicted octanol–water partition coefficient (Wildman–Crippen LogP) is 2.96. The Morgan fingerprint density at radius 3 is 2.55 bits per heavy atom. The Bertz CT molecular complexity index is 629. The number of anilines is 1. The molecule has 0 fully saturated rings. The average Bonchev–Trinajstić information content (AvgIpc) is 2.48. The largest absolute Gasteiger partial charge is 0.495 e. The van der Waals surface area contributed by atoms with Gasteiger partial charge in [0.2, 0.25) is 0 Å². The van der Waals surface area contributed by atoms with Crippen molar-refractivity contribution in [2.45, 2.75) is 6.10 Å². The van der Waals surface area contributed by atoms with Crippen molar-refractivity contribution in [2.75, 3.05) is 12.8 Å². The fourth-order valence-electron chi connectivity index (χ4n) is 1.88. The molecular formula is C15H14BrNO3. The normalized spacial score (nSPS) is 11.9. The Labute approximate surface area is 125 Å². The second kappa shape index (κ2) is 6.07. The van der Waals surface area contributed by atoms with Gasteiger partial charge in [-0.3, -0.25) is 4.79 Å². The van der Waals surface area contributed by atoms with Gasteiger partial charge in [0, 0.05) is 22.9 Å². The highest BCUT2D eigenvalue weighted by Gasteiger charge is 2.22. The number of hydrogen-bond acceptors (Lipinski definition) is 4. The molecule has 0 aliphatic heterocycles. The van der Waals surface area contributed by atoms with Crippen molar-refractivity contribution in [2.24, 2.45) is 0 Å². The van der Waals surface area contributed by atoms with Crippen LogP contribution >= 0.6 is 15.9 Å². The summed E-state index contributed by atoms with van der Waals surface area (Å²) in [5, 5.41) is 10.2. The van der Waals surface area contributed by atoms with E-state index in [2.05, 4.69) is 15.9 Å². The standard InChI is InChI=1S/C15H14BrNO3/c1-20-13-8-12(17)10(7-11(13)16)15(19)14(18)9-5-3-2-4-6-9/h2-8,15,19H,17H2,1H3. The summed E-state index contributed by atoms with van der Waals surface area (Å²) in [5.74, 6) is 0.153. The van der Waals surface area contributed by atoms with E-state index in [4.69, 9.17) is 10.5 Å². The molecule has 1 unspecified atom stereocenters. The van der Waals surface area contributed by atoms with Crippen molar-refractivity contribution in [1.82, 2.24) is 0 Å². The lowest BCUT2D eigenvalue weighted by Crippen LogP contribution is -2.14. The number of carbonyl (C=O) groups excluding carboxylic acids is 1. The van der Waals surface area contributed by atoms with Gasteiger partial charge < -0.3 is 15.6 Å². The van der Waals surface area contributed by atoms with Crippen LogP contribution < -0.4 is 10.5 Å². The molecule has 4 nitrogen and oxygen atoms in total. The molecule has 0 aliphatic carbocycles. The smallest absolute Gasteiger partial charge is 0.195 e. The third-order valence-corrected chi connectivity index (χ3v) is 3.58. The molecule has 1 atom stereocenters. The highest BCUT2D eigenvalue weighted by molar-refractivity contribution is 9.10. The molecule has 0 saturated heterocycles. The molecule has 2 rings (SSSR count). The number of ketones is 1. The van der Waals surface area contributed by atoms with E-state index in [-0.39, 0.29) is 0 Å². The summed E-state index contributed by atoms with van der Waals surface area (Å²) in [6, 6.07) is 11.8. The van der Waals surface area contributed by atoms with Crippen molar-refractivity contribution < 1.29 is 14.6 Å². The highest BCUT2D eigenvalue weighted by Crippen LogP contribution is 2.34. The van der Waals surface area contributed by atoms with E-state index in [9.17, 15) is 9.90 Å². The van der Waals surface area contributed by atoms with Crippen LogP contribution in [0, 0.1) is 0 Å². The number of rotatable bonds is 4. The Kier molecular flexibility index (Phi) is 4.42. The molecule has 0 saturated carbocycles. The summed E-state index contributed by atoms with van der Waals surface area (Å²) in [4.78, 5) is 12.2. The first-order valence-electron chi connectivity index (χ1n) is 5.95. The first kappa shape index (κ1) is 14.6. The monoisotopic (exact) mass is 335 g/mol. The van der Waals surface area contributed by atoms with Crippen LogP contribution in [0.2, 0.25) is 0 Å². The van der Waals surface area contributed by atoms with Crippen molar-refractivity contribution in [3.8, 4) is 5.75 Å². The van der Waals surface area contributed by atoms with Gasteiger partial charge in [0.05, 0.1) is 11.6 Å². The zero-order valence-corrected chi connectivity index (χ0v) is 12.4. The zero-order chi connectivity index (χ0) is 14.7. The van der Waals surface area contributed by atoms with Gasteiger partial charge in [0.25, 0.3) is 0 Å². The van der Waals surface area contributed by atoms with E-state index < -0.39 is 11.9 Å². The number of hydrogen-bond donors (Lipinski definition) is 2. The first-order valence-corrected chi connectivity index (χ1v) is 6.74. The third kappa shape index (κ3) is 2.84. The molecule has 104 valence electrons. The summed E-state index contributed by atoms with van der Waals surface area (Å²) in [6.45, 7) is 0. The SMILES string of the molecule is COc1cc(N)c(C(O)C(=O)c2ccccc2)cc1Br. The average molecular weight is 336 g/mol. The van der Waals surface area contributed by atoms with Crippen molar-refractivity contribution in [3.05, 3.63) is 58.1 Å². The number of nitrogen functional groups attached to an aromatic ring is 1. The van der Waals surface area contributed by atoms with E-state index in [1.54, 1.807) is 36.4 Å². The van der Waals surface area contributed by atoms with Crippen molar-refractivity contribution in [3.63, 3.8) is 0 Å². The Hall–Kier alpha value is -1.85. The van der Waals surface area contributed by atoms with Crippen LogP contribution in [0.5, 0.6) is 5.75 Å². The number of aliphatic hydroxyl groups is 1. The molecule has 20 heavy (non-hydrogen) atoms. The molecule has 0 radical (unpaired) electrons. The van der Waals surface area contributed by atoms with Gasteiger partial charge in [-0.25, -0.2) is 0 Å². The quantitative estimate of drug-likeness (QED) is 0.665. The molecule has 2 aromatic rings. The summed E-state index contributed by atoms with van der Waals surface area (Å²) in [6.07, 6.45) is -1.31. The van der Waals surface area contributed by atoms with Crippen LogP contribution in [-0.4, -0.2) is 18.0 Å². The minimum Gasteiger partial charge on any atom is -0.495 e. The van der Waals surface area contributed by atoms with Gasteiger partial charge >= 0.3 is 0 Å². The molecule has 0 aromatic heterocycles. The maximum atomic E-state index is 12.2. The van der Waals surface area contributed by atoms with Gasteiger partial charge in [-0.15, -0.1) is 0 Å². The Morgan fingerprint density at radius 1 is 1.30 bits per heavy atom. The number of aliphatic hydroxyl groups excluding tert-OH is 1. The van der Waals surface area contributed by atoms with Crippen LogP contribution in [0.1, 0.15) is 22.0 Å². The second-order valence-electron chi connectivity index (χ2n) is 4.25. The third-order valence-electron chi connectivity index (χ3n) is 2.96. The van der Waals surface area contributed by atoms with Gasteiger partial charge in [-0.2, -0.15) is 0 Å². The summed E-state index contributed by atoms with van der Waals surface area (Å²) >= 11 is 3.31. The number of nitrogens with two attached hydrogens (primary N) is 1. The lowest BCUT2D eigenvalue weighted by atomic mass is 9.98. The van der Waals surface area contributed by atoms with E-state index in [1.165, 1.54) is 7.11 Å². The van der Waals surface area contributed by atoms with Gasteiger partial charge in [-0.05, 0) is 22.0 Å². The van der Waals surface area contributed by atoms with Crippen LogP contribution in [0.25, 0.3) is 0 Å². The fourth-order valence-corrected chi connectivity index (χ4v) is 2.40. The maximum Gasteiger partial charge on any atom is 0.195 e. The number of halogens is 1. The Balaban J connectivity index is 2.37. The molecular weight excluding hydrogens is 322 g/mol. The molecule has 0 bridgehead atoms. The van der Waals surface area contributed by atoms with Gasteiger partial charge in [-0.1, -0.05) is 30.3 Å². The topological polar surface area (TPSA) is 72.6 Å². The lowest BCUT2D eigenvalue weighted by molar-refractivity contribution is 0.0748. The van der Waals surface area contributed by atoms with Crippen LogP contribution in [-0.2, 0) is 0 Å². The van der Waals surface area contributed by atoms with Crippen LogP contribution in [0.4, 0.5) is 5.69 Å². The second-order valence-corrected chi connectivity index (χ2v) is 5.10. The lowest BCUT2D eigenvalue weighted by Gasteiger charge is -2.15. The molecule has 3 N–H and O–H groups in total. The number of ether oxygens (including phenoxy) is 1. The van der Waals surface area contributed by atoms with E-state index in [0.29, 0.717) is 27.0 Å². The number of carbonyl (C=O) groups is 1. The number of benzene rings is 2. The molecule has 5 heteroatoms. The van der Waals surface area contributed by atoms with E-state index >= 15 is 0 Å². The Morgan fingerprint density at radius 2 is 1.95 bits per heavy atom. The van der Waals surface area contributed by atoms with E-state index in [0.717, 1.165) is 0 Å². The summed E-state index contributed by atoms with van der Waals surface area (Å²) in [7, 11) is 1.52. The maximum absolute atomic E-state index is 12.2. The van der Waals surface area contributed by atoms with Gasteiger partial charge in [0.15, 0.2) is 5.78 Å². The molecule has 0 amide bonds.